The predicted octanol–water partition coefficient (Wildman–Crippen LogP) is 0.604. The number of hydrogen-bond donors (Lipinski definition) is 0. The molecule has 1 aromatic carbocycles. The molecule has 0 bridgehead atoms. The summed E-state index contributed by atoms with van der Waals surface area (Å²) in [5.74, 6) is 0.159. The monoisotopic (exact) mass is 378 g/mol. The lowest BCUT2D eigenvalue weighted by Gasteiger charge is -2.30. The highest BCUT2D eigenvalue weighted by Crippen LogP contribution is 2.26. The van der Waals surface area contributed by atoms with Crippen LogP contribution in [0.4, 0.5) is 0 Å². The van der Waals surface area contributed by atoms with Gasteiger partial charge in [0.05, 0.1) is 6.26 Å². The number of nitrogens with zero attached hydrogens (tertiary/aromatic N) is 4. The third-order valence-corrected chi connectivity index (χ3v) is 5.95. The Labute approximate surface area is 152 Å². The molecule has 2 heterocycles. The Balaban J connectivity index is 1.83. The lowest BCUT2D eigenvalue weighted by Crippen LogP contribution is -2.39. The molecule has 9 heteroatoms. The summed E-state index contributed by atoms with van der Waals surface area (Å²) in [5.41, 5.74) is 0.147. The van der Waals surface area contributed by atoms with E-state index in [0.717, 1.165) is 11.1 Å². The van der Waals surface area contributed by atoms with E-state index < -0.39 is 10.0 Å². The molecular weight excluding hydrogens is 356 g/mol. The van der Waals surface area contributed by atoms with E-state index in [1.807, 2.05) is 6.07 Å². The molecular formula is C17H22N4O4S. The Morgan fingerprint density at radius 1 is 1.27 bits per heavy atom. The first kappa shape index (κ1) is 18.5. The van der Waals surface area contributed by atoms with Crippen LogP contribution in [0.25, 0.3) is 0 Å². The van der Waals surface area contributed by atoms with Crippen LogP contribution in [0, 0.1) is 0 Å². The number of sulfonamides is 1. The Morgan fingerprint density at radius 3 is 2.62 bits per heavy atom. The standard InChI is InChI=1S/C17H22N4O4S/c1-19-16(14-9-6-10-20(11-14)26(2,24)25)18-21(17(19)23)12-15(22)13-7-4-3-5-8-13/h3-5,7-8,14H,6,9-12H2,1-2H3/t14-/m1/s1. The molecule has 0 saturated carbocycles. The lowest BCUT2D eigenvalue weighted by molar-refractivity contribution is 0.0966. The van der Waals surface area contributed by atoms with Crippen molar-refractivity contribution >= 4 is 15.8 Å². The minimum atomic E-state index is -3.28. The molecule has 0 amide bonds. The predicted molar refractivity (Wildman–Crippen MR) is 96.6 cm³/mol. The smallest absolute Gasteiger partial charge is 0.292 e. The highest BCUT2D eigenvalue weighted by Gasteiger charge is 2.30. The maximum absolute atomic E-state index is 12.5. The van der Waals surface area contributed by atoms with Crippen molar-refractivity contribution in [3.05, 3.63) is 52.2 Å². The van der Waals surface area contributed by atoms with Gasteiger partial charge in [-0.2, -0.15) is 5.10 Å². The van der Waals surface area contributed by atoms with E-state index in [9.17, 15) is 18.0 Å². The number of ketones is 1. The average molecular weight is 378 g/mol. The molecule has 1 aliphatic heterocycles. The van der Waals surface area contributed by atoms with Gasteiger partial charge in [0.15, 0.2) is 5.78 Å². The van der Waals surface area contributed by atoms with Crippen molar-refractivity contribution in [2.75, 3.05) is 19.3 Å². The highest BCUT2D eigenvalue weighted by atomic mass is 32.2. The summed E-state index contributed by atoms with van der Waals surface area (Å²) >= 11 is 0. The zero-order valence-electron chi connectivity index (χ0n) is 14.8. The topological polar surface area (TPSA) is 94.3 Å². The maximum atomic E-state index is 12.5. The van der Waals surface area contributed by atoms with E-state index in [1.54, 1.807) is 31.3 Å². The van der Waals surface area contributed by atoms with Crippen molar-refractivity contribution in [2.45, 2.75) is 25.3 Å². The molecule has 140 valence electrons. The van der Waals surface area contributed by atoms with Crippen molar-refractivity contribution in [3.8, 4) is 0 Å². The first-order valence-corrected chi connectivity index (χ1v) is 10.3. The lowest BCUT2D eigenvalue weighted by atomic mass is 9.99. The van der Waals surface area contributed by atoms with Gasteiger partial charge in [0, 0.05) is 31.6 Å². The molecule has 3 rings (SSSR count). The Hall–Kier alpha value is -2.26. The van der Waals surface area contributed by atoms with Crippen LogP contribution < -0.4 is 5.69 Å². The van der Waals surface area contributed by atoms with Crippen LogP contribution in [0.3, 0.4) is 0 Å². The molecule has 0 radical (unpaired) electrons. The fraction of sp³-hybridized carbons (Fsp3) is 0.471. The van der Waals surface area contributed by atoms with Crippen LogP contribution in [-0.2, 0) is 23.6 Å². The quantitative estimate of drug-likeness (QED) is 0.711. The van der Waals surface area contributed by atoms with Gasteiger partial charge in [0.25, 0.3) is 0 Å². The Kier molecular flexibility index (Phi) is 5.10. The SMILES string of the molecule is Cn1c([C@@H]2CCCN(S(C)(=O)=O)C2)nn(CC(=O)c2ccccc2)c1=O. The summed E-state index contributed by atoms with van der Waals surface area (Å²) in [5, 5.41) is 4.34. The normalized spacial score (nSPS) is 18.8. The van der Waals surface area contributed by atoms with Crippen molar-refractivity contribution in [1.82, 2.24) is 18.7 Å². The van der Waals surface area contributed by atoms with Gasteiger partial charge in [-0.3, -0.25) is 9.36 Å². The molecule has 1 atom stereocenters. The molecule has 0 N–H and O–H groups in total. The van der Waals surface area contributed by atoms with Crippen molar-refractivity contribution in [3.63, 3.8) is 0 Å². The van der Waals surface area contributed by atoms with Gasteiger partial charge in [-0.1, -0.05) is 30.3 Å². The zero-order chi connectivity index (χ0) is 18.9. The second-order valence-corrected chi connectivity index (χ2v) is 8.59. The van der Waals surface area contributed by atoms with E-state index in [4.69, 9.17) is 0 Å². The van der Waals surface area contributed by atoms with Gasteiger partial charge in [-0.05, 0) is 12.8 Å². The Bertz CT molecular complexity index is 962. The van der Waals surface area contributed by atoms with Crippen LogP contribution in [0.2, 0.25) is 0 Å². The molecule has 0 unspecified atom stereocenters. The first-order valence-electron chi connectivity index (χ1n) is 8.44. The summed E-state index contributed by atoms with van der Waals surface area (Å²) in [6.45, 7) is 0.644. The fourth-order valence-corrected chi connectivity index (χ4v) is 4.18. The van der Waals surface area contributed by atoms with Gasteiger partial charge in [0.2, 0.25) is 10.0 Å². The van der Waals surface area contributed by atoms with Crippen LogP contribution in [0.15, 0.2) is 35.1 Å². The first-order chi connectivity index (χ1) is 12.3. The van der Waals surface area contributed by atoms with Crippen molar-refractivity contribution in [2.24, 2.45) is 7.05 Å². The number of hydrogen-bond acceptors (Lipinski definition) is 5. The van der Waals surface area contributed by atoms with Gasteiger partial charge in [0.1, 0.15) is 12.4 Å². The van der Waals surface area contributed by atoms with Crippen LogP contribution in [0.1, 0.15) is 34.9 Å². The molecule has 1 fully saturated rings. The van der Waals surface area contributed by atoms with Crippen molar-refractivity contribution < 1.29 is 13.2 Å². The third-order valence-electron chi connectivity index (χ3n) is 4.68. The van der Waals surface area contributed by atoms with E-state index in [2.05, 4.69) is 5.10 Å². The number of aromatic nitrogens is 3. The molecule has 2 aromatic rings. The fourth-order valence-electron chi connectivity index (χ4n) is 3.27. The molecule has 1 saturated heterocycles. The average Bonchev–Trinajstić information content (AvgIpc) is 2.90. The number of carbonyl (C=O) groups is 1. The minimum absolute atomic E-state index is 0.140. The van der Waals surface area contributed by atoms with Gasteiger partial charge >= 0.3 is 5.69 Å². The van der Waals surface area contributed by atoms with E-state index in [-0.39, 0.29) is 23.9 Å². The van der Waals surface area contributed by atoms with Crippen LogP contribution in [-0.4, -0.2) is 52.2 Å². The minimum Gasteiger partial charge on any atom is -0.292 e. The number of benzene rings is 1. The molecule has 0 aliphatic carbocycles. The van der Waals surface area contributed by atoms with E-state index >= 15 is 0 Å². The third kappa shape index (κ3) is 3.78. The highest BCUT2D eigenvalue weighted by molar-refractivity contribution is 7.88. The summed E-state index contributed by atoms with van der Waals surface area (Å²) in [4.78, 5) is 24.8. The van der Waals surface area contributed by atoms with E-state index in [0.29, 0.717) is 30.9 Å². The summed E-state index contributed by atoms with van der Waals surface area (Å²) in [6, 6.07) is 8.74. The summed E-state index contributed by atoms with van der Waals surface area (Å²) < 4.78 is 27.6. The number of carbonyl (C=O) groups excluding carboxylic acids is 1. The van der Waals surface area contributed by atoms with Gasteiger partial charge in [-0.25, -0.2) is 22.2 Å². The van der Waals surface area contributed by atoms with Crippen molar-refractivity contribution in [1.29, 1.82) is 0 Å². The summed E-state index contributed by atoms with van der Waals surface area (Å²) in [6.07, 6.45) is 2.65. The summed E-state index contributed by atoms with van der Waals surface area (Å²) in [7, 11) is -1.68. The largest absolute Gasteiger partial charge is 0.346 e. The van der Waals surface area contributed by atoms with E-state index in [1.165, 1.54) is 15.1 Å². The second-order valence-electron chi connectivity index (χ2n) is 6.61. The van der Waals surface area contributed by atoms with Crippen LogP contribution in [0.5, 0.6) is 0 Å². The second kappa shape index (κ2) is 7.16. The molecule has 26 heavy (non-hydrogen) atoms. The molecule has 8 nitrogen and oxygen atoms in total. The number of rotatable bonds is 5. The van der Waals surface area contributed by atoms with Crippen LogP contribution >= 0.6 is 0 Å². The molecule has 0 spiro atoms. The molecule has 1 aromatic heterocycles. The zero-order valence-corrected chi connectivity index (χ0v) is 15.6. The van der Waals surface area contributed by atoms with Gasteiger partial charge < -0.3 is 0 Å². The van der Waals surface area contributed by atoms with Gasteiger partial charge in [-0.15, -0.1) is 0 Å². The Morgan fingerprint density at radius 2 is 1.96 bits per heavy atom. The maximum Gasteiger partial charge on any atom is 0.346 e. The number of piperidine rings is 1. The number of Topliss-reactive ketones (excluding diaryl/α,β-unsaturated/α-hetero) is 1. The molecule has 1 aliphatic rings.